The zero-order valence-corrected chi connectivity index (χ0v) is 10.8. The molecule has 0 saturated carbocycles. The van der Waals surface area contributed by atoms with Crippen molar-refractivity contribution >= 4 is 0 Å². The van der Waals surface area contributed by atoms with Crippen molar-refractivity contribution in [2.75, 3.05) is 19.7 Å². The predicted molar refractivity (Wildman–Crippen MR) is 75.0 cm³/mol. The lowest BCUT2D eigenvalue weighted by Gasteiger charge is -2.12. The molecule has 2 aromatic rings. The highest BCUT2D eigenvalue weighted by molar-refractivity contribution is 5.19. The van der Waals surface area contributed by atoms with Crippen LogP contribution in [0.15, 0.2) is 54.6 Å². The van der Waals surface area contributed by atoms with Gasteiger partial charge in [0.25, 0.3) is 0 Å². The topological polar surface area (TPSA) is 41.5 Å². The number of para-hydroxylation sites is 1. The Morgan fingerprint density at radius 3 is 2.63 bits per heavy atom. The first-order valence-electron chi connectivity index (χ1n) is 6.39. The third kappa shape index (κ3) is 4.73. The van der Waals surface area contributed by atoms with Crippen LogP contribution in [0.25, 0.3) is 0 Å². The first-order valence-corrected chi connectivity index (χ1v) is 6.39. The number of ether oxygens (including phenoxy) is 1. The molecule has 3 heteroatoms. The van der Waals surface area contributed by atoms with E-state index in [1.165, 1.54) is 0 Å². The third-order valence-corrected chi connectivity index (χ3v) is 2.74. The van der Waals surface area contributed by atoms with Crippen LogP contribution in [0.2, 0.25) is 0 Å². The van der Waals surface area contributed by atoms with Crippen molar-refractivity contribution in [3.8, 4) is 5.75 Å². The van der Waals surface area contributed by atoms with Gasteiger partial charge in [-0.05, 0) is 11.6 Å². The van der Waals surface area contributed by atoms with Crippen molar-refractivity contribution in [3.63, 3.8) is 0 Å². The van der Waals surface area contributed by atoms with Gasteiger partial charge in [0.05, 0.1) is 6.10 Å². The summed E-state index contributed by atoms with van der Waals surface area (Å²) in [6.07, 6.45) is -0.482. The average molecular weight is 256 g/mol. The van der Waals surface area contributed by atoms with Crippen LogP contribution in [-0.2, 0) is 0 Å². The summed E-state index contributed by atoms with van der Waals surface area (Å²) in [7, 11) is 0. The van der Waals surface area contributed by atoms with Crippen LogP contribution in [0.5, 0.6) is 5.75 Å². The Labute approximate surface area is 113 Å². The number of aliphatic hydroxyl groups excluding tert-OH is 1. The van der Waals surface area contributed by atoms with E-state index in [0.29, 0.717) is 19.7 Å². The van der Waals surface area contributed by atoms with Crippen molar-refractivity contribution in [3.05, 3.63) is 66.2 Å². The number of rotatable bonds is 7. The summed E-state index contributed by atoms with van der Waals surface area (Å²) in [5.41, 5.74) is 0.923. The molecule has 0 bridgehead atoms. The molecule has 2 N–H and O–H groups in total. The first kappa shape index (κ1) is 13.6. The molecule has 1 radical (unpaired) electrons. The van der Waals surface area contributed by atoms with Gasteiger partial charge < -0.3 is 15.2 Å². The molecule has 3 nitrogen and oxygen atoms in total. The second-order valence-corrected chi connectivity index (χ2v) is 4.21. The fourth-order valence-electron chi connectivity index (χ4n) is 1.73. The van der Waals surface area contributed by atoms with Crippen molar-refractivity contribution in [2.24, 2.45) is 0 Å². The molecule has 2 rings (SSSR count). The minimum Gasteiger partial charge on any atom is -0.492 e. The summed E-state index contributed by atoms with van der Waals surface area (Å²) in [4.78, 5) is 0. The molecule has 0 amide bonds. The van der Waals surface area contributed by atoms with Crippen LogP contribution >= 0.6 is 0 Å². The van der Waals surface area contributed by atoms with Gasteiger partial charge in [-0.1, -0.05) is 48.5 Å². The Bertz CT molecular complexity index is 459. The molecule has 0 spiro atoms. The van der Waals surface area contributed by atoms with Gasteiger partial charge in [-0.25, -0.2) is 0 Å². The van der Waals surface area contributed by atoms with E-state index in [2.05, 4.69) is 11.4 Å². The van der Waals surface area contributed by atoms with E-state index < -0.39 is 6.10 Å². The molecule has 1 unspecified atom stereocenters. The smallest absolute Gasteiger partial charge is 0.127 e. The molecule has 0 fully saturated rings. The molecule has 19 heavy (non-hydrogen) atoms. The Hall–Kier alpha value is -1.84. The fourth-order valence-corrected chi connectivity index (χ4v) is 1.73. The van der Waals surface area contributed by atoms with Gasteiger partial charge in [0.1, 0.15) is 12.4 Å². The van der Waals surface area contributed by atoms with Crippen LogP contribution in [0, 0.1) is 6.07 Å². The summed E-state index contributed by atoms with van der Waals surface area (Å²) < 4.78 is 5.49. The van der Waals surface area contributed by atoms with Crippen molar-refractivity contribution in [1.82, 2.24) is 5.32 Å². The summed E-state index contributed by atoms with van der Waals surface area (Å²) in [6.45, 7) is 1.76. The SMILES string of the molecule is OC(CNCCOc1[c]cccc1)c1ccccc1. The molecule has 0 saturated heterocycles. The van der Waals surface area contributed by atoms with Gasteiger partial charge in [0.15, 0.2) is 0 Å². The van der Waals surface area contributed by atoms with E-state index in [9.17, 15) is 5.11 Å². The van der Waals surface area contributed by atoms with E-state index in [1.807, 2.05) is 54.6 Å². The number of benzene rings is 2. The molecule has 0 aromatic heterocycles. The highest BCUT2D eigenvalue weighted by atomic mass is 16.5. The lowest BCUT2D eigenvalue weighted by molar-refractivity contribution is 0.172. The maximum absolute atomic E-state index is 9.93. The minimum absolute atomic E-state index is 0.482. The molecule has 0 heterocycles. The largest absolute Gasteiger partial charge is 0.492 e. The summed E-state index contributed by atoms with van der Waals surface area (Å²) in [5, 5.41) is 13.1. The van der Waals surface area contributed by atoms with E-state index in [0.717, 1.165) is 11.3 Å². The van der Waals surface area contributed by atoms with Crippen LogP contribution in [0.3, 0.4) is 0 Å². The second kappa shape index (κ2) is 7.56. The van der Waals surface area contributed by atoms with E-state index in [4.69, 9.17) is 4.74 Å². The Kier molecular flexibility index (Phi) is 5.41. The average Bonchev–Trinajstić information content (AvgIpc) is 2.49. The molecule has 0 aliphatic carbocycles. The van der Waals surface area contributed by atoms with Crippen LogP contribution in [-0.4, -0.2) is 24.8 Å². The van der Waals surface area contributed by atoms with Crippen molar-refractivity contribution < 1.29 is 9.84 Å². The molecule has 0 aliphatic heterocycles. The Morgan fingerprint density at radius 1 is 1.11 bits per heavy atom. The van der Waals surface area contributed by atoms with Crippen LogP contribution < -0.4 is 10.1 Å². The molecule has 2 aromatic carbocycles. The number of hydrogen-bond acceptors (Lipinski definition) is 3. The lowest BCUT2D eigenvalue weighted by Crippen LogP contribution is -2.26. The molecular formula is C16H18NO2. The van der Waals surface area contributed by atoms with Crippen LogP contribution in [0.4, 0.5) is 0 Å². The highest BCUT2D eigenvalue weighted by Crippen LogP contribution is 2.10. The monoisotopic (exact) mass is 256 g/mol. The zero-order chi connectivity index (χ0) is 13.3. The Morgan fingerprint density at radius 2 is 1.89 bits per heavy atom. The van der Waals surface area contributed by atoms with Crippen molar-refractivity contribution in [1.29, 1.82) is 0 Å². The van der Waals surface area contributed by atoms with E-state index in [-0.39, 0.29) is 0 Å². The number of nitrogens with one attached hydrogen (secondary N) is 1. The highest BCUT2D eigenvalue weighted by Gasteiger charge is 2.05. The maximum Gasteiger partial charge on any atom is 0.127 e. The summed E-state index contributed by atoms with van der Waals surface area (Å²) >= 11 is 0. The van der Waals surface area contributed by atoms with E-state index in [1.54, 1.807) is 0 Å². The molecule has 1 atom stereocenters. The minimum atomic E-state index is -0.482. The quantitative estimate of drug-likeness (QED) is 0.746. The molecular weight excluding hydrogens is 238 g/mol. The standard InChI is InChI=1S/C16H18NO2/c18-16(14-7-3-1-4-8-14)13-17-11-12-19-15-9-5-2-6-10-15/h1-9,16-18H,11-13H2. The van der Waals surface area contributed by atoms with Gasteiger partial charge >= 0.3 is 0 Å². The normalized spacial score (nSPS) is 12.1. The second-order valence-electron chi connectivity index (χ2n) is 4.21. The fraction of sp³-hybridized carbons (Fsp3) is 0.250. The Balaban J connectivity index is 1.62. The zero-order valence-electron chi connectivity index (χ0n) is 10.8. The summed E-state index contributed by atoms with van der Waals surface area (Å²) in [5.74, 6) is 0.743. The molecule has 99 valence electrons. The summed E-state index contributed by atoms with van der Waals surface area (Å²) in [6, 6.07) is 20.1. The van der Waals surface area contributed by atoms with Gasteiger partial charge in [0, 0.05) is 19.2 Å². The van der Waals surface area contributed by atoms with E-state index >= 15 is 0 Å². The number of aliphatic hydroxyl groups is 1. The lowest BCUT2D eigenvalue weighted by atomic mass is 10.1. The van der Waals surface area contributed by atoms with Gasteiger partial charge in [-0.3, -0.25) is 0 Å². The predicted octanol–water partition coefficient (Wildman–Crippen LogP) is 2.19. The first-order chi connectivity index (χ1) is 9.36. The van der Waals surface area contributed by atoms with Gasteiger partial charge in [-0.15, -0.1) is 0 Å². The van der Waals surface area contributed by atoms with Gasteiger partial charge in [-0.2, -0.15) is 0 Å². The van der Waals surface area contributed by atoms with Crippen molar-refractivity contribution in [2.45, 2.75) is 6.10 Å². The van der Waals surface area contributed by atoms with Crippen LogP contribution in [0.1, 0.15) is 11.7 Å². The number of hydrogen-bond donors (Lipinski definition) is 2. The van der Waals surface area contributed by atoms with Gasteiger partial charge in [0.2, 0.25) is 0 Å². The third-order valence-electron chi connectivity index (χ3n) is 2.74. The molecule has 0 aliphatic rings. The maximum atomic E-state index is 9.93.